The van der Waals surface area contributed by atoms with Gasteiger partial charge in [0.25, 0.3) is 0 Å². The first-order valence-corrected chi connectivity index (χ1v) is 10.6. The van der Waals surface area contributed by atoms with Gasteiger partial charge in [-0.25, -0.2) is 4.99 Å². The summed E-state index contributed by atoms with van der Waals surface area (Å²) in [5, 5.41) is 4.72. The lowest BCUT2D eigenvalue weighted by atomic mass is 10.1. The fourth-order valence-corrected chi connectivity index (χ4v) is 3.97. The number of para-hydroxylation sites is 1. The lowest BCUT2D eigenvalue weighted by Gasteiger charge is -2.24. The molecule has 0 bridgehead atoms. The van der Waals surface area contributed by atoms with Gasteiger partial charge in [0.05, 0.1) is 13.1 Å². The number of nitrogens with one attached hydrogen (secondary N) is 2. The summed E-state index contributed by atoms with van der Waals surface area (Å²) in [6.45, 7) is 8.49. The van der Waals surface area contributed by atoms with Crippen LogP contribution < -0.4 is 10.2 Å². The number of hydrogen-bond acceptors (Lipinski definition) is 2. The molecular formula is C25H32BrN5. The van der Waals surface area contributed by atoms with Crippen LogP contribution in [0, 0.1) is 0 Å². The third kappa shape index (κ3) is 5.31. The van der Waals surface area contributed by atoms with Gasteiger partial charge >= 0.3 is 0 Å². The van der Waals surface area contributed by atoms with Gasteiger partial charge in [-0.3, -0.25) is 0 Å². The van der Waals surface area contributed by atoms with Gasteiger partial charge in [0.2, 0.25) is 0 Å². The fraction of sp³-hybridized carbons (Fsp3) is 0.320. The van der Waals surface area contributed by atoms with E-state index in [0.29, 0.717) is 6.54 Å². The van der Waals surface area contributed by atoms with Crippen molar-refractivity contribution < 1.29 is 0 Å². The van der Waals surface area contributed by atoms with E-state index in [1.165, 1.54) is 27.9 Å². The molecule has 0 spiro atoms. The molecule has 1 unspecified atom stereocenters. The van der Waals surface area contributed by atoms with Crippen LogP contribution in [0.1, 0.15) is 23.7 Å². The van der Waals surface area contributed by atoms with E-state index in [1.807, 2.05) is 6.08 Å². The standard InChI is InChI=1S/C25H31N5.BrH/c1-5-18(2)27-25(26-16-19-10-11-24-21(14-19)12-13-29(24)3)30(4)17-22-15-20-8-6-7-9-23(20)28-22;/h5-11,14-15,18,28H,1,12-13,16-17H2,2-4H3,(H,26,27);1H. The average Bonchev–Trinajstić information content (AvgIpc) is 3.33. The van der Waals surface area contributed by atoms with Crippen molar-refractivity contribution in [2.75, 3.05) is 25.5 Å². The van der Waals surface area contributed by atoms with Crippen molar-refractivity contribution in [1.29, 1.82) is 0 Å². The van der Waals surface area contributed by atoms with Gasteiger partial charge in [0, 0.05) is 43.6 Å². The molecule has 0 aliphatic carbocycles. The number of H-pyrrole nitrogens is 1. The van der Waals surface area contributed by atoms with Crippen LogP contribution in [0.3, 0.4) is 0 Å². The number of anilines is 1. The van der Waals surface area contributed by atoms with Crippen LogP contribution in [0.15, 0.2) is 66.2 Å². The summed E-state index contributed by atoms with van der Waals surface area (Å²) in [6, 6.07) is 17.4. The molecule has 164 valence electrons. The van der Waals surface area contributed by atoms with Gasteiger partial charge in [-0.15, -0.1) is 23.6 Å². The Morgan fingerprint density at radius 1 is 1.29 bits per heavy atom. The number of rotatable bonds is 6. The second kappa shape index (κ2) is 10.1. The van der Waals surface area contributed by atoms with Crippen LogP contribution >= 0.6 is 17.0 Å². The van der Waals surface area contributed by atoms with Gasteiger partial charge in [-0.1, -0.05) is 36.4 Å². The first-order valence-electron chi connectivity index (χ1n) is 10.6. The third-order valence-electron chi connectivity index (χ3n) is 5.75. The zero-order valence-electron chi connectivity index (χ0n) is 18.6. The maximum atomic E-state index is 4.93. The number of benzene rings is 2. The Bertz CT molecular complexity index is 1040. The summed E-state index contributed by atoms with van der Waals surface area (Å²) in [5.41, 5.74) is 6.34. The second-order valence-electron chi connectivity index (χ2n) is 8.18. The highest BCUT2D eigenvalue weighted by Crippen LogP contribution is 2.27. The van der Waals surface area contributed by atoms with Crippen molar-refractivity contribution in [1.82, 2.24) is 15.2 Å². The van der Waals surface area contributed by atoms with Gasteiger partial charge in [-0.05, 0) is 48.1 Å². The molecule has 1 aromatic heterocycles. The van der Waals surface area contributed by atoms with Crippen LogP contribution in [0.5, 0.6) is 0 Å². The second-order valence-corrected chi connectivity index (χ2v) is 8.18. The van der Waals surface area contributed by atoms with Crippen molar-refractivity contribution in [3.63, 3.8) is 0 Å². The van der Waals surface area contributed by atoms with E-state index in [4.69, 9.17) is 4.99 Å². The van der Waals surface area contributed by atoms with Gasteiger partial charge in [0.15, 0.2) is 5.96 Å². The molecular weight excluding hydrogens is 450 g/mol. The third-order valence-corrected chi connectivity index (χ3v) is 5.75. The largest absolute Gasteiger partial charge is 0.374 e. The van der Waals surface area contributed by atoms with E-state index in [-0.39, 0.29) is 23.0 Å². The fourth-order valence-electron chi connectivity index (χ4n) is 3.97. The molecule has 2 heterocycles. The summed E-state index contributed by atoms with van der Waals surface area (Å²) in [7, 11) is 4.23. The number of fused-ring (bicyclic) bond motifs is 2. The quantitative estimate of drug-likeness (QED) is 0.299. The average molecular weight is 482 g/mol. The summed E-state index contributed by atoms with van der Waals surface area (Å²) in [5.74, 6) is 0.874. The Hall–Kier alpha value is -2.73. The predicted octanol–water partition coefficient (Wildman–Crippen LogP) is 4.89. The molecule has 0 radical (unpaired) electrons. The molecule has 0 amide bonds. The summed E-state index contributed by atoms with van der Waals surface area (Å²) >= 11 is 0. The monoisotopic (exact) mass is 481 g/mol. The molecule has 3 aromatic rings. The molecule has 2 aromatic carbocycles. The zero-order valence-corrected chi connectivity index (χ0v) is 20.3. The SMILES string of the molecule is Br.C=CC(C)NC(=NCc1ccc2c(c1)CCN2C)N(C)Cc1cc2ccccc2[nH]1. The van der Waals surface area contributed by atoms with Crippen molar-refractivity contribution in [2.45, 2.75) is 32.5 Å². The zero-order chi connectivity index (χ0) is 21.1. The van der Waals surface area contributed by atoms with E-state index in [9.17, 15) is 0 Å². The molecule has 1 atom stereocenters. The van der Waals surface area contributed by atoms with E-state index < -0.39 is 0 Å². The number of likely N-dealkylation sites (N-methyl/N-ethyl adjacent to an activating group) is 1. The highest BCUT2D eigenvalue weighted by molar-refractivity contribution is 8.93. The van der Waals surface area contributed by atoms with E-state index >= 15 is 0 Å². The van der Waals surface area contributed by atoms with Gasteiger partial charge in [0.1, 0.15) is 0 Å². The first kappa shape index (κ1) is 22.9. The van der Waals surface area contributed by atoms with Crippen molar-refractivity contribution in [2.24, 2.45) is 4.99 Å². The summed E-state index contributed by atoms with van der Waals surface area (Å²) < 4.78 is 0. The molecule has 1 aliphatic rings. The van der Waals surface area contributed by atoms with Crippen LogP contribution in [-0.4, -0.2) is 42.5 Å². The van der Waals surface area contributed by atoms with Crippen LogP contribution in [0.4, 0.5) is 5.69 Å². The van der Waals surface area contributed by atoms with Crippen LogP contribution in [0.2, 0.25) is 0 Å². The van der Waals surface area contributed by atoms with E-state index in [2.05, 4.69) is 96.2 Å². The van der Waals surface area contributed by atoms with E-state index in [0.717, 1.165) is 31.0 Å². The normalized spacial score (nSPS) is 14.2. The topological polar surface area (TPSA) is 46.7 Å². The molecule has 2 N–H and O–H groups in total. The van der Waals surface area contributed by atoms with Crippen LogP contribution in [-0.2, 0) is 19.5 Å². The molecule has 6 heteroatoms. The lowest BCUT2D eigenvalue weighted by molar-refractivity contribution is 0.465. The van der Waals surface area contributed by atoms with Crippen molar-refractivity contribution in [3.8, 4) is 0 Å². The molecule has 0 fully saturated rings. The number of nitrogens with zero attached hydrogens (tertiary/aromatic N) is 3. The summed E-state index contributed by atoms with van der Waals surface area (Å²) in [6.07, 6.45) is 3.01. The minimum absolute atomic E-state index is 0. The Labute approximate surface area is 195 Å². The highest BCUT2D eigenvalue weighted by atomic mass is 79.9. The Kier molecular flexibility index (Phi) is 7.44. The van der Waals surface area contributed by atoms with Gasteiger partial charge in [-0.2, -0.15) is 0 Å². The molecule has 0 saturated heterocycles. The Balaban J connectivity index is 0.00000272. The number of guanidine groups is 1. The highest BCUT2D eigenvalue weighted by Gasteiger charge is 2.16. The maximum Gasteiger partial charge on any atom is 0.194 e. The van der Waals surface area contributed by atoms with Crippen molar-refractivity contribution in [3.05, 3.63) is 78.0 Å². The molecule has 31 heavy (non-hydrogen) atoms. The predicted molar refractivity (Wildman–Crippen MR) is 137 cm³/mol. The molecule has 1 aliphatic heterocycles. The van der Waals surface area contributed by atoms with E-state index in [1.54, 1.807) is 0 Å². The molecule has 4 rings (SSSR count). The Morgan fingerprint density at radius 2 is 2.10 bits per heavy atom. The first-order chi connectivity index (χ1) is 14.5. The molecule has 0 saturated carbocycles. The maximum absolute atomic E-state index is 4.93. The number of aliphatic imine (C=N–C) groups is 1. The van der Waals surface area contributed by atoms with Gasteiger partial charge < -0.3 is 20.1 Å². The van der Waals surface area contributed by atoms with Crippen LogP contribution in [0.25, 0.3) is 10.9 Å². The minimum Gasteiger partial charge on any atom is -0.374 e. The number of hydrogen-bond donors (Lipinski definition) is 2. The molecule has 5 nitrogen and oxygen atoms in total. The number of aromatic amines is 1. The number of aromatic nitrogens is 1. The summed E-state index contributed by atoms with van der Waals surface area (Å²) in [4.78, 5) is 12.9. The lowest BCUT2D eigenvalue weighted by Crippen LogP contribution is -2.42. The van der Waals surface area contributed by atoms with Crippen molar-refractivity contribution >= 4 is 39.5 Å². The smallest absolute Gasteiger partial charge is 0.194 e. The Morgan fingerprint density at radius 3 is 2.87 bits per heavy atom. The number of halogens is 1. The minimum atomic E-state index is 0.